The number of hydrogen-bond donors (Lipinski definition) is 1. The lowest BCUT2D eigenvalue weighted by atomic mass is 10.2. The van der Waals surface area contributed by atoms with Crippen molar-refractivity contribution in [2.75, 3.05) is 39.3 Å². The molecular weight excluding hydrogens is 320 g/mol. The van der Waals surface area contributed by atoms with Crippen LogP contribution in [-0.4, -0.2) is 72.0 Å². The number of aliphatic hydroxyl groups is 1. The number of benzene rings is 1. The highest BCUT2D eigenvalue weighted by molar-refractivity contribution is 5.68. The molecule has 1 N–H and O–H groups in total. The molecular formula is C19H30N2O4. The van der Waals surface area contributed by atoms with Gasteiger partial charge in [-0.2, -0.15) is 0 Å². The molecule has 1 saturated heterocycles. The summed E-state index contributed by atoms with van der Waals surface area (Å²) in [6.07, 6.45) is -0.796. The van der Waals surface area contributed by atoms with Crippen LogP contribution >= 0.6 is 0 Å². The highest BCUT2D eigenvalue weighted by Crippen LogP contribution is 2.12. The van der Waals surface area contributed by atoms with E-state index in [9.17, 15) is 9.90 Å². The first-order chi connectivity index (χ1) is 11.8. The molecule has 6 heteroatoms. The summed E-state index contributed by atoms with van der Waals surface area (Å²) in [6.45, 7) is 9.66. The van der Waals surface area contributed by atoms with Gasteiger partial charge >= 0.3 is 6.09 Å². The Kier molecular flexibility index (Phi) is 7.23. The van der Waals surface area contributed by atoms with Gasteiger partial charge in [0.1, 0.15) is 5.60 Å². The van der Waals surface area contributed by atoms with Crippen molar-refractivity contribution in [1.82, 2.24) is 9.80 Å². The second kappa shape index (κ2) is 9.17. The van der Waals surface area contributed by atoms with Crippen LogP contribution in [0.5, 0.6) is 0 Å². The highest BCUT2D eigenvalue weighted by atomic mass is 16.6. The van der Waals surface area contributed by atoms with Gasteiger partial charge in [-0.05, 0) is 26.3 Å². The Balaban J connectivity index is 1.63. The average Bonchev–Trinajstić information content (AvgIpc) is 2.55. The van der Waals surface area contributed by atoms with Crippen LogP contribution in [0, 0.1) is 0 Å². The fourth-order valence-corrected chi connectivity index (χ4v) is 2.68. The maximum absolute atomic E-state index is 12.0. The number of hydrogen-bond acceptors (Lipinski definition) is 5. The van der Waals surface area contributed by atoms with Gasteiger partial charge in [-0.1, -0.05) is 30.3 Å². The van der Waals surface area contributed by atoms with E-state index < -0.39 is 11.7 Å². The zero-order valence-electron chi connectivity index (χ0n) is 15.5. The fraction of sp³-hybridized carbons (Fsp3) is 0.632. The van der Waals surface area contributed by atoms with E-state index in [0.29, 0.717) is 32.8 Å². The molecule has 0 radical (unpaired) electrons. The SMILES string of the molecule is CC(C)(C)OC(=O)N1CCN(C[C@@H](O)COCc2ccccc2)CC1. The number of aliphatic hydroxyl groups excluding tert-OH is 1. The van der Waals surface area contributed by atoms with E-state index in [4.69, 9.17) is 9.47 Å². The lowest BCUT2D eigenvalue weighted by molar-refractivity contribution is -0.00727. The van der Waals surface area contributed by atoms with Crippen LogP contribution in [0.25, 0.3) is 0 Å². The van der Waals surface area contributed by atoms with Crippen LogP contribution in [0.15, 0.2) is 30.3 Å². The smallest absolute Gasteiger partial charge is 0.410 e. The van der Waals surface area contributed by atoms with Gasteiger partial charge in [0.05, 0.1) is 19.3 Å². The van der Waals surface area contributed by atoms with Gasteiger partial charge in [-0.3, -0.25) is 4.90 Å². The Bertz CT molecular complexity index is 522. The van der Waals surface area contributed by atoms with Crippen LogP contribution < -0.4 is 0 Å². The summed E-state index contributed by atoms with van der Waals surface area (Å²) in [5, 5.41) is 10.1. The number of piperazine rings is 1. The number of carbonyl (C=O) groups excluding carboxylic acids is 1. The summed E-state index contributed by atoms with van der Waals surface area (Å²) in [6, 6.07) is 9.92. The molecule has 25 heavy (non-hydrogen) atoms. The Labute approximate surface area is 150 Å². The van der Waals surface area contributed by atoms with Gasteiger partial charge in [-0.15, -0.1) is 0 Å². The molecule has 1 fully saturated rings. The van der Waals surface area contributed by atoms with Crippen LogP contribution in [0.3, 0.4) is 0 Å². The summed E-state index contributed by atoms with van der Waals surface area (Å²) in [5.41, 5.74) is 0.626. The van der Waals surface area contributed by atoms with Crippen LogP contribution in [0.1, 0.15) is 26.3 Å². The summed E-state index contributed by atoms with van der Waals surface area (Å²) < 4.78 is 11.0. The molecule has 0 aliphatic carbocycles. The molecule has 1 atom stereocenters. The Hall–Kier alpha value is -1.63. The number of nitrogens with zero attached hydrogens (tertiary/aromatic N) is 2. The van der Waals surface area contributed by atoms with Crippen molar-refractivity contribution in [3.05, 3.63) is 35.9 Å². The van der Waals surface area contributed by atoms with Gasteiger partial charge in [0.15, 0.2) is 0 Å². The molecule has 1 amide bonds. The summed E-state index contributed by atoms with van der Waals surface area (Å²) in [4.78, 5) is 15.9. The highest BCUT2D eigenvalue weighted by Gasteiger charge is 2.26. The fourth-order valence-electron chi connectivity index (χ4n) is 2.68. The van der Waals surface area contributed by atoms with Crippen molar-refractivity contribution in [3.8, 4) is 0 Å². The largest absolute Gasteiger partial charge is 0.444 e. The maximum atomic E-state index is 12.0. The summed E-state index contributed by atoms with van der Waals surface area (Å²) in [5.74, 6) is 0. The number of carbonyl (C=O) groups is 1. The van der Waals surface area contributed by atoms with Gasteiger partial charge in [0.25, 0.3) is 0 Å². The standard InChI is InChI=1S/C19H30N2O4/c1-19(2,3)25-18(23)21-11-9-20(10-12-21)13-17(22)15-24-14-16-7-5-4-6-8-16/h4-8,17,22H,9-15H2,1-3H3/t17-/m1/s1. The van der Waals surface area contributed by atoms with E-state index in [2.05, 4.69) is 4.90 Å². The van der Waals surface area contributed by atoms with Crippen molar-refractivity contribution in [1.29, 1.82) is 0 Å². The first-order valence-electron chi connectivity index (χ1n) is 8.83. The van der Waals surface area contributed by atoms with Gasteiger partial charge < -0.3 is 19.5 Å². The number of ether oxygens (including phenoxy) is 2. The molecule has 0 unspecified atom stereocenters. The lowest BCUT2D eigenvalue weighted by Crippen LogP contribution is -2.51. The Morgan fingerprint density at radius 3 is 2.40 bits per heavy atom. The molecule has 0 spiro atoms. The quantitative estimate of drug-likeness (QED) is 0.851. The summed E-state index contributed by atoms with van der Waals surface area (Å²) >= 11 is 0. The third kappa shape index (κ3) is 7.42. The van der Waals surface area contributed by atoms with Gasteiger partial charge in [0.2, 0.25) is 0 Å². The summed E-state index contributed by atoms with van der Waals surface area (Å²) in [7, 11) is 0. The molecule has 0 bridgehead atoms. The second-order valence-corrected chi connectivity index (χ2v) is 7.42. The minimum Gasteiger partial charge on any atom is -0.444 e. The first kappa shape index (κ1) is 19.7. The lowest BCUT2D eigenvalue weighted by Gasteiger charge is -2.36. The molecule has 1 aromatic carbocycles. The van der Waals surface area contributed by atoms with Crippen molar-refractivity contribution in [3.63, 3.8) is 0 Å². The van der Waals surface area contributed by atoms with Crippen LogP contribution in [-0.2, 0) is 16.1 Å². The van der Waals surface area contributed by atoms with Crippen molar-refractivity contribution in [2.45, 2.75) is 39.1 Å². The normalized spacial score (nSPS) is 17.4. The van der Waals surface area contributed by atoms with Gasteiger partial charge in [-0.25, -0.2) is 4.79 Å². The predicted molar refractivity (Wildman–Crippen MR) is 96.4 cm³/mol. The zero-order valence-corrected chi connectivity index (χ0v) is 15.5. The second-order valence-electron chi connectivity index (χ2n) is 7.42. The molecule has 140 valence electrons. The zero-order chi connectivity index (χ0) is 18.3. The van der Waals surface area contributed by atoms with Crippen molar-refractivity contribution in [2.24, 2.45) is 0 Å². The average molecular weight is 350 g/mol. The molecule has 0 saturated carbocycles. The first-order valence-corrected chi connectivity index (χ1v) is 8.83. The number of β-amino-alcohol motifs (C(OH)–C–C–N with tert-alkyl or cyclic N) is 1. The Morgan fingerprint density at radius 1 is 1.16 bits per heavy atom. The van der Waals surface area contributed by atoms with E-state index in [0.717, 1.165) is 18.7 Å². The molecule has 6 nitrogen and oxygen atoms in total. The van der Waals surface area contributed by atoms with Gasteiger partial charge in [0, 0.05) is 32.7 Å². The van der Waals surface area contributed by atoms with Crippen LogP contribution in [0.4, 0.5) is 4.79 Å². The number of amides is 1. The Morgan fingerprint density at radius 2 is 1.80 bits per heavy atom. The maximum Gasteiger partial charge on any atom is 0.410 e. The van der Waals surface area contributed by atoms with E-state index in [1.165, 1.54) is 0 Å². The van der Waals surface area contributed by atoms with E-state index >= 15 is 0 Å². The number of rotatable bonds is 6. The topological polar surface area (TPSA) is 62.2 Å². The molecule has 1 aromatic rings. The van der Waals surface area contributed by atoms with E-state index in [1.54, 1.807) is 4.90 Å². The molecule has 0 aromatic heterocycles. The van der Waals surface area contributed by atoms with E-state index in [1.807, 2.05) is 51.1 Å². The molecule has 2 rings (SSSR count). The van der Waals surface area contributed by atoms with Crippen molar-refractivity contribution >= 4 is 6.09 Å². The van der Waals surface area contributed by atoms with E-state index in [-0.39, 0.29) is 6.09 Å². The molecule has 1 aliphatic rings. The minimum atomic E-state index is -0.531. The third-order valence-corrected chi connectivity index (χ3v) is 3.91. The predicted octanol–water partition coefficient (Wildman–Crippen LogP) is 2.12. The monoisotopic (exact) mass is 350 g/mol. The third-order valence-electron chi connectivity index (χ3n) is 3.91. The minimum absolute atomic E-state index is 0.265. The van der Waals surface area contributed by atoms with Crippen molar-refractivity contribution < 1.29 is 19.4 Å². The molecule has 1 aliphatic heterocycles. The molecule has 1 heterocycles. The van der Waals surface area contributed by atoms with Crippen LogP contribution in [0.2, 0.25) is 0 Å².